The maximum Gasteiger partial charge on any atom is 0.234 e. The molecule has 8 nitrogen and oxygen atoms in total. The molecule has 2 heterocycles. The lowest BCUT2D eigenvalue weighted by atomic mass is 9.69. The predicted octanol–water partition coefficient (Wildman–Crippen LogP) is 7.17. The molecule has 1 atom stereocenters. The molecule has 0 saturated heterocycles. The standard InChI is InChI=1S/C28H23Cl3N6O2S2/c1-28(2)10-20-24(21(38)11-28)23(14-4-3-5-15(29)8-14)17(12-32)25(33)37(20)26-35-36-27(41-26)40-13-22(39)34-19-7-6-16(30)9-18(19)31/h3-9,23H,10-11,13,33H2,1-2H3,(H,34,39). The van der Waals surface area contributed by atoms with Crippen molar-refractivity contribution >= 4 is 80.4 Å². The molecule has 0 fully saturated rings. The molecular formula is C28H23Cl3N6O2S2. The highest BCUT2D eigenvalue weighted by Gasteiger charge is 2.45. The number of amides is 1. The fourth-order valence-electron chi connectivity index (χ4n) is 5.00. The number of ketones is 1. The van der Waals surface area contributed by atoms with Gasteiger partial charge in [-0.05, 0) is 47.7 Å². The van der Waals surface area contributed by atoms with Crippen LogP contribution in [0, 0.1) is 16.7 Å². The van der Waals surface area contributed by atoms with Crippen molar-refractivity contribution < 1.29 is 9.59 Å². The first kappa shape index (κ1) is 29.4. The van der Waals surface area contributed by atoms with Crippen molar-refractivity contribution in [3.05, 3.63) is 85.8 Å². The number of carbonyl (C=O) groups excluding carboxylic acids is 2. The quantitative estimate of drug-likeness (QED) is 0.270. The van der Waals surface area contributed by atoms with Gasteiger partial charge in [-0.25, -0.2) is 0 Å². The van der Waals surface area contributed by atoms with Gasteiger partial charge in [-0.15, -0.1) is 10.2 Å². The largest absolute Gasteiger partial charge is 0.384 e. The molecule has 1 amide bonds. The molecule has 1 aliphatic carbocycles. The van der Waals surface area contributed by atoms with E-state index in [1.807, 2.05) is 19.9 Å². The van der Waals surface area contributed by atoms with Crippen LogP contribution >= 0.6 is 57.9 Å². The molecule has 13 heteroatoms. The third-order valence-corrected chi connectivity index (χ3v) is 9.51. The van der Waals surface area contributed by atoms with Gasteiger partial charge in [-0.2, -0.15) is 5.26 Å². The molecular weight excluding hydrogens is 623 g/mol. The minimum atomic E-state index is -0.640. The van der Waals surface area contributed by atoms with Crippen LogP contribution in [0.25, 0.3) is 0 Å². The van der Waals surface area contributed by atoms with Gasteiger partial charge in [0.2, 0.25) is 11.0 Å². The number of nitrogens with two attached hydrogens (primary N) is 1. The molecule has 0 bridgehead atoms. The van der Waals surface area contributed by atoms with E-state index in [0.29, 0.717) is 54.3 Å². The number of nitriles is 1. The van der Waals surface area contributed by atoms with Crippen LogP contribution in [0.3, 0.4) is 0 Å². The number of hydrogen-bond acceptors (Lipinski definition) is 9. The Balaban J connectivity index is 1.46. The van der Waals surface area contributed by atoms with Crippen LogP contribution < -0.4 is 16.0 Å². The molecule has 5 rings (SSSR count). The Hall–Kier alpha value is -3.07. The van der Waals surface area contributed by atoms with E-state index in [1.165, 1.54) is 23.1 Å². The second-order valence-corrected chi connectivity index (χ2v) is 13.8. The number of carbonyl (C=O) groups is 2. The van der Waals surface area contributed by atoms with Crippen LogP contribution in [0.15, 0.2) is 69.5 Å². The number of Topliss-reactive ketones (excluding diaryl/α,β-unsaturated/α-hetero) is 1. The summed E-state index contributed by atoms with van der Waals surface area (Å²) < 4.78 is 0.518. The molecule has 0 spiro atoms. The molecule has 3 N–H and O–H groups in total. The number of rotatable bonds is 6. The number of aromatic nitrogens is 2. The monoisotopic (exact) mass is 644 g/mol. The van der Waals surface area contributed by atoms with Gasteiger partial charge >= 0.3 is 0 Å². The molecule has 41 heavy (non-hydrogen) atoms. The van der Waals surface area contributed by atoms with Crippen molar-refractivity contribution in [1.82, 2.24) is 10.2 Å². The first-order valence-corrected chi connectivity index (χ1v) is 15.3. The molecule has 1 aliphatic heterocycles. The minimum Gasteiger partial charge on any atom is -0.384 e. The van der Waals surface area contributed by atoms with E-state index in [2.05, 4.69) is 21.6 Å². The zero-order valence-corrected chi connectivity index (χ0v) is 25.8. The van der Waals surface area contributed by atoms with E-state index in [0.717, 1.165) is 5.56 Å². The Kier molecular flexibility index (Phi) is 8.37. The van der Waals surface area contributed by atoms with Crippen LogP contribution in [0.1, 0.15) is 38.2 Å². The average Bonchev–Trinajstić information content (AvgIpc) is 3.36. The summed E-state index contributed by atoms with van der Waals surface area (Å²) in [5, 5.41) is 23.3. The number of benzene rings is 2. The van der Waals surface area contributed by atoms with Gasteiger partial charge in [0.05, 0.1) is 34.0 Å². The molecule has 2 aliphatic rings. The lowest BCUT2D eigenvalue weighted by molar-refractivity contribution is -0.118. The second-order valence-electron chi connectivity index (χ2n) is 10.3. The Morgan fingerprint density at radius 1 is 1.20 bits per heavy atom. The van der Waals surface area contributed by atoms with Crippen molar-refractivity contribution in [3.8, 4) is 6.07 Å². The third kappa shape index (κ3) is 6.10. The number of allylic oxidation sites excluding steroid dienone is 3. The summed E-state index contributed by atoms with van der Waals surface area (Å²) in [5.74, 6) is -0.737. The van der Waals surface area contributed by atoms with Gasteiger partial charge in [-0.1, -0.05) is 83.9 Å². The maximum absolute atomic E-state index is 13.6. The number of halogens is 3. The summed E-state index contributed by atoms with van der Waals surface area (Å²) in [5.41, 5.74) is 8.95. The Labute approximate surface area is 260 Å². The van der Waals surface area contributed by atoms with Crippen molar-refractivity contribution in [1.29, 1.82) is 5.26 Å². The van der Waals surface area contributed by atoms with Crippen LogP contribution in [0.5, 0.6) is 0 Å². The lowest BCUT2D eigenvalue weighted by Gasteiger charge is -2.42. The highest BCUT2D eigenvalue weighted by Crippen LogP contribution is 2.51. The molecule has 1 aromatic heterocycles. The first-order valence-electron chi connectivity index (χ1n) is 12.4. The zero-order chi connectivity index (χ0) is 29.5. The van der Waals surface area contributed by atoms with E-state index in [4.69, 9.17) is 40.5 Å². The number of thioether (sulfide) groups is 1. The number of anilines is 2. The van der Waals surface area contributed by atoms with E-state index >= 15 is 0 Å². The van der Waals surface area contributed by atoms with Crippen LogP contribution in [0.4, 0.5) is 10.8 Å². The highest BCUT2D eigenvalue weighted by molar-refractivity contribution is 8.01. The Morgan fingerprint density at radius 3 is 2.66 bits per heavy atom. The summed E-state index contributed by atoms with van der Waals surface area (Å²) in [4.78, 5) is 27.9. The highest BCUT2D eigenvalue weighted by atomic mass is 35.5. The molecule has 0 radical (unpaired) electrons. The third-order valence-electron chi connectivity index (χ3n) is 6.68. The molecule has 2 aromatic carbocycles. The van der Waals surface area contributed by atoms with Crippen LogP contribution in [-0.4, -0.2) is 27.6 Å². The van der Waals surface area contributed by atoms with Crippen molar-refractivity contribution in [2.75, 3.05) is 16.0 Å². The van der Waals surface area contributed by atoms with Gasteiger partial charge in [0, 0.05) is 27.7 Å². The smallest absolute Gasteiger partial charge is 0.234 e. The summed E-state index contributed by atoms with van der Waals surface area (Å²) in [6.45, 7) is 4.04. The zero-order valence-electron chi connectivity index (χ0n) is 21.9. The molecule has 0 saturated carbocycles. The SMILES string of the molecule is CC1(C)CC(=O)C2=C(C1)N(c1nnc(SCC(=O)Nc3ccc(Cl)cc3Cl)s1)C(N)=C(C#N)C2c1cccc(Cl)c1. The van der Waals surface area contributed by atoms with Gasteiger partial charge in [0.25, 0.3) is 0 Å². The van der Waals surface area contributed by atoms with Crippen molar-refractivity contribution in [3.63, 3.8) is 0 Å². The molecule has 3 aromatic rings. The predicted molar refractivity (Wildman–Crippen MR) is 164 cm³/mol. The molecule has 210 valence electrons. The Bertz CT molecular complexity index is 1680. The van der Waals surface area contributed by atoms with Gasteiger partial charge in [0.15, 0.2) is 10.1 Å². The van der Waals surface area contributed by atoms with Crippen LogP contribution in [0.2, 0.25) is 15.1 Å². The summed E-state index contributed by atoms with van der Waals surface area (Å²) in [6, 6.07) is 14.2. The van der Waals surface area contributed by atoms with Gasteiger partial charge in [0.1, 0.15) is 5.82 Å². The summed E-state index contributed by atoms with van der Waals surface area (Å²) >= 11 is 20.8. The lowest BCUT2D eigenvalue weighted by Crippen LogP contribution is -2.42. The van der Waals surface area contributed by atoms with E-state index in [9.17, 15) is 14.9 Å². The normalized spacial score (nSPS) is 18.3. The van der Waals surface area contributed by atoms with Crippen molar-refractivity contribution in [2.24, 2.45) is 11.1 Å². The summed E-state index contributed by atoms with van der Waals surface area (Å²) in [6.07, 6.45) is 0.871. The van der Waals surface area contributed by atoms with E-state index in [1.54, 1.807) is 41.3 Å². The fraction of sp³-hybridized carbons (Fsp3) is 0.250. The molecule has 1 unspecified atom stereocenters. The number of nitrogens with one attached hydrogen (secondary N) is 1. The average molecular weight is 646 g/mol. The van der Waals surface area contributed by atoms with E-state index < -0.39 is 5.92 Å². The number of nitrogens with zero attached hydrogens (tertiary/aromatic N) is 4. The summed E-state index contributed by atoms with van der Waals surface area (Å²) in [7, 11) is 0. The second kappa shape index (κ2) is 11.7. The van der Waals surface area contributed by atoms with E-state index in [-0.39, 0.29) is 34.3 Å². The van der Waals surface area contributed by atoms with Crippen LogP contribution in [-0.2, 0) is 9.59 Å². The fourth-order valence-corrected chi connectivity index (χ4v) is 7.34. The van der Waals surface area contributed by atoms with Gasteiger partial charge < -0.3 is 11.1 Å². The maximum atomic E-state index is 13.6. The number of hydrogen-bond donors (Lipinski definition) is 2. The van der Waals surface area contributed by atoms with Gasteiger partial charge in [-0.3, -0.25) is 14.5 Å². The first-order chi connectivity index (χ1) is 19.5. The Morgan fingerprint density at radius 2 is 1.95 bits per heavy atom. The topological polar surface area (TPSA) is 125 Å². The van der Waals surface area contributed by atoms with Crippen molar-refractivity contribution in [2.45, 2.75) is 36.9 Å². The minimum absolute atomic E-state index is 0.0527.